The normalized spacial score (nSPS) is 22.6. The molecule has 112 valence electrons. The van der Waals surface area contributed by atoms with Crippen LogP contribution < -0.4 is 10.1 Å². The summed E-state index contributed by atoms with van der Waals surface area (Å²) in [5, 5.41) is 3.59. The van der Waals surface area contributed by atoms with Gasteiger partial charge in [0.25, 0.3) is 0 Å². The molecule has 0 aliphatic carbocycles. The van der Waals surface area contributed by atoms with Crippen molar-refractivity contribution in [3.8, 4) is 5.75 Å². The third-order valence-electron chi connectivity index (χ3n) is 3.53. The Bertz CT molecular complexity index is 422. The Balaban J connectivity index is 2.01. The quantitative estimate of drug-likeness (QED) is 0.813. The summed E-state index contributed by atoms with van der Waals surface area (Å²) in [6.45, 7) is 6.19. The zero-order valence-electron chi connectivity index (χ0n) is 12.6. The largest absolute Gasteiger partial charge is 0.489 e. The lowest BCUT2D eigenvalue weighted by Crippen LogP contribution is -2.32. The minimum Gasteiger partial charge on any atom is -0.489 e. The van der Waals surface area contributed by atoms with Gasteiger partial charge in [0.2, 0.25) is 0 Å². The van der Waals surface area contributed by atoms with Gasteiger partial charge in [0.15, 0.2) is 0 Å². The molecule has 4 nitrogen and oxygen atoms in total. The summed E-state index contributed by atoms with van der Waals surface area (Å²) in [6.07, 6.45) is 2.39. The molecule has 2 unspecified atom stereocenters. The van der Waals surface area contributed by atoms with Crippen molar-refractivity contribution in [3.63, 3.8) is 0 Å². The first-order valence-electron chi connectivity index (χ1n) is 7.29. The van der Waals surface area contributed by atoms with Crippen molar-refractivity contribution in [1.82, 2.24) is 0 Å². The molecule has 0 aromatic heterocycles. The summed E-state index contributed by atoms with van der Waals surface area (Å²) in [6, 6.07) is 6.72. The van der Waals surface area contributed by atoms with Crippen LogP contribution in [0.25, 0.3) is 0 Å². The van der Waals surface area contributed by atoms with E-state index in [9.17, 15) is 0 Å². The molecule has 1 aromatic rings. The topological polar surface area (TPSA) is 39.7 Å². The molecule has 1 N–H and O–H groups in total. The molecule has 1 aliphatic heterocycles. The molecule has 1 fully saturated rings. The van der Waals surface area contributed by atoms with Crippen LogP contribution in [0, 0.1) is 6.92 Å². The molecule has 1 aromatic carbocycles. The monoisotopic (exact) mass is 279 g/mol. The molecule has 1 saturated heterocycles. The number of aryl methyl sites for hydroxylation is 1. The van der Waals surface area contributed by atoms with Crippen LogP contribution in [-0.4, -0.2) is 39.1 Å². The zero-order chi connectivity index (χ0) is 14.4. The van der Waals surface area contributed by atoms with Crippen LogP contribution in [0.4, 0.5) is 5.69 Å². The number of rotatable bonds is 6. The van der Waals surface area contributed by atoms with Crippen molar-refractivity contribution >= 4 is 5.69 Å². The summed E-state index contributed by atoms with van der Waals surface area (Å²) >= 11 is 0. The second-order valence-electron chi connectivity index (χ2n) is 5.39. The van der Waals surface area contributed by atoms with Crippen molar-refractivity contribution in [2.75, 3.05) is 32.2 Å². The van der Waals surface area contributed by atoms with Gasteiger partial charge in [-0.05, 0) is 44.4 Å². The fourth-order valence-corrected chi connectivity index (χ4v) is 2.45. The minimum atomic E-state index is 0.324. The third-order valence-corrected chi connectivity index (χ3v) is 3.53. The van der Waals surface area contributed by atoms with Crippen LogP contribution in [0.3, 0.4) is 0 Å². The fourth-order valence-electron chi connectivity index (χ4n) is 2.45. The number of hydrogen-bond donors (Lipinski definition) is 1. The molecule has 4 heteroatoms. The molecule has 1 heterocycles. The zero-order valence-corrected chi connectivity index (χ0v) is 12.6. The molecule has 0 spiro atoms. The van der Waals surface area contributed by atoms with Crippen molar-refractivity contribution in [3.05, 3.63) is 23.8 Å². The van der Waals surface area contributed by atoms with E-state index >= 15 is 0 Å². The SMILES string of the molecule is COCCOc1cc(C)ccc1NC1CCOC(C)C1. The Morgan fingerprint density at radius 2 is 2.20 bits per heavy atom. The summed E-state index contributed by atoms with van der Waals surface area (Å²) in [4.78, 5) is 0. The molecular formula is C16H25NO3. The second kappa shape index (κ2) is 7.50. The first-order valence-corrected chi connectivity index (χ1v) is 7.29. The summed E-state index contributed by atoms with van der Waals surface area (Å²) < 4.78 is 16.4. The Labute approximate surface area is 121 Å². The Morgan fingerprint density at radius 3 is 2.95 bits per heavy atom. The lowest BCUT2D eigenvalue weighted by atomic mass is 10.0. The smallest absolute Gasteiger partial charge is 0.142 e. The van der Waals surface area contributed by atoms with Crippen LogP contribution >= 0.6 is 0 Å². The molecule has 0 amide bonds. The first kappa shape index (κ1) is 15.1. The van der Waals surface area contributed by atoms with E-state index in [0.717, 1.165) is 30.9 Å². The van der Waals surface area contributed by atoms with E-state index in [2.05, 4.69) is 37.4 Å². The lowest BCUT2D eigenvalue weighted by Gasteiger charge is -2.29. The third kappa shape index (κ3) is 4.39. The fraction of sp³-hybridized carbons (Fsp3) is 0.625. The Kier molecular flexibility index (Phi) is 5.68. The Hall–Kier alpha value is -1.26. The number of ether oxygens (including phenoxy) is 3. The average Bonchev–Trinajstić information content (AvgIpc) is 2.42. The highest BCUT2D eigenvalue weighted by molar-refractivity contribution is 5.58. The molecule has 2 rings (SSSR count). The number of nitrogens with one attached hydrogen (secondary N) is 1. The average molecular weight is 279 g/mol. The molecule has 1 aliphatic rings. The molecule has 20 heavy (non-hydrogen) atoms. The van der Waals surface area contributed by atoms with Crippen LogP contribution in [0.15, 0.2) is 18.2 Å². The van der Waals surface area contributed by atoms with Gasteiger partial charge in [-0.1, -0.05) is 6.07 Å². The Morgan fingerprint density at radius 1 is 1.35 bits per heavy atom. The maximum absolute atomic E-state index is 5.81. The predicted octanol–water partition coefficient (Wildman–Crippen LogP) is 3.00. The summed E-state index contributed by atoms with van der Waals surface area (Å²) in [7, 11) is 1.68. The predicted molar refractivity (Wildman–Crippen MR) is 80.6 cm³/mol. The van der Waals surface area contributed by atoms with Gasteiger partial charge in [-0.15, -0.1) is 0 Å². The van der Waals surface area contributed by atoms with Crippen molar-refractivity contribution < 1.29 is 14.2 Å². The summed E-state index contributed by atoms with van der Waals surface area (Å²) in [5.41, 5.74) is 2.26. The van der Waals surface area contributed by atoms with Gasteiger partial charge < -0.3 is 19.5 Å². The highest BCUT2D eigenvalue weighted by Gasteiger charge is 2.20. The molecular weight excluding hydrogens is 254 g/mol. The van der Waals surface area contributed by atoms with E-state index in [1.165, 1.54) is 5.56 Å². The van der Waals surface area contributed by atoms with E-state index in [1.807, 2.05) is 0 Å². The molecule has 0 bridgehead atoms. The number of hydrogen-bond acceptors (Lipinski definition) is 4. The van der Waals surface area contributed by atoms with Crippen LogP contribution in [0.5, 0.6) is 5.75 Å². The van der Waals surface area contributed by atoms with E-state index in [4.69, 9.17) is 14.2 Å². The highest BCUT2D eigenvalue weighted by Crippen LogP contribution is 2.28. The van der Waals surface area contributed by atoms with Gasteiger partial charge in [0.05, 0.1) is 18.4 Å². The van der Waals surface area contributed by atoms with Crippen LogP contribution in [0.1, 0.15) is 25.3 Å². The van der Waals surface area contributed by atoms with E-state index in [-0.39, 0.29) is 0 Å². The summed E-state index contributed by atoms with van der Waals surface area (Å²) in [5.74, 6) is 0.904. The molecule has 0 radical (unpaired) electrons. The minimum absolute atomic E-state index is 0.324. The van der Waals surface area contributed by atoms with Gasteiger partial charge in [0.1, 0.15) is 12.4 Å². The number of anilines is 1. The van der Waals surface area contributed by atoms with Crippen molar-refractivity contribution in [2.24, 2.45) is 0 Å². The van der Waals surface area contributed by atoms with Gasteiger partial charge in [-0.25, -0.2) is 0 Å². The second-order valence-corrected chi connectivity index (χ2v) is 5.39. The molecule has 2 atom stereocenters. The first-order chi connectivity index (χ1) is 9.69. The van der Waals surface area contributed by atoms with E-state index in [0.29, 0.717) is 25.4 Å². The maximum atomic E-state index is 5.81. The van der Waals surface area contributed by atoms with Gasteiger partial charge in [0, 0.05) is 19.8 Å². The van der Waals surface area contributed by atoms with Gasteiger partial charge in [-0.3, -0.25) is 0 Å². The number of methoxy groups -OCH3 is 1. The standard InChI is InChI=1S/C16H25NO3/c1-12-4-5-15(16(10-12)20-9-8-18-3)17-14-6-7-19-13(2)11-14/h4-5,10,13-14,17H,6-9,11H2,1-3H3. The van der Waals surface area contributed by atoms with Crippen LogP contribution in [-0.2, 0) is 9.47 Å². The van der Waals surface area contributed by atoms with Crippen molar-refractivity contribution in [2.45, 2.75) is 38.8 Å². The highest BCUT2D eigenvalue weighted by atomic mass is 16.5. The molecule has 0 saturated carbocycles. The number of benzene rings is 1. The van der Waals surface area contributed by atoms with Gasteiger partial charge >= 0.3 is 0 Å². The van der Waals surface area contributed by atoms with Crippen LogP contribution in [0.2, 0.25) is 0 Å². The van der Waals surface area contributed by atoms with Crippen molar-refractivity contribution in [1.29, 1.82) is 0 Å². The van der Waals surface area contributed by atoms with E-state index in [1.54, 1.807) is 7.11 Å². The lowest BCUT2D eigenvalue weighted by molar-refractivity contribution is 0.0232. The maximum Gasteiger partial charge on any atom is 0.142 e. The van der Waals surface area contributed by atoms with Gasteiger partial charge in [-0.2, -0.15) is 0 Å². The van der Waals surface area contributed by atoms with E-state index < -0.39 is 0 Å².